The first-order valence-corrected chi connectivity index (χ1v) is 11.0. The van der Waals surface area contributed by atoms with Gasteiger partial charge in [-0.25, -0.2) is 0 Å². The molecule has 29 heavy (non-hydrogen) atoms. The van der Waals surface area contributed by atoms with Crippen LogP contribution in [0.3, 0.4) is 0 Å². The number of likely N-dealkylation sites (N-methyl/N-ethyl adjacent to an activating group) is 1. The van der Waals surface area contributed by atoms with E-state index in [0.717, 1.165) is 15.5 Å². The lowest BCUT2D eigenvalue weighted by molar-refractivity contribution is -0.119. The van der Waals surface area contributed by atoms with E-state index < -0.39 is 11.9 Å². The first-order valence-electron chi connectivity index (χ1n) is 9.20. The van der Waals surface area contributed by atoms with Crippen LogP contribution in [-0.2, 0) is 11.2 Å². The fourth-order valence-corrected chi connectivity index (χ4v) is 5.72. The molecule has 2 aromatic heterocycles. The second-order valence-corrected chi connectivity index (χ2v) is 9.17. The number of aryl methyl sites for hydroxylation is 1. The van der Waals surface area contributed by atoms with E-state index in [1.807, 2.05) is 30.3 Å². The number of aromatic nitrogens is 3. The first-order chi connectivity index (χ1) is 13.9. The molecule has 0 radical (unpaired) electrons. The average molecular weight is 428 g/mol. The number of nitrogens with zero attached hydrogens (tertiary/aromatic N) is 3. The van der Waals surface area contributed by atoms with Crippen molar-refractivity contribution in [1.29, 1.82) is 0 Å². The maximum Gasteiger partial charge on any atom is 0.289 e. The molecule has 1 aliphatic heterocycles. The normalized spacial score (nSPS) is 16.4. The molecule has 3 heterocycles. The molecule has 3 aromatic rings. The molecule has 9 heteroatoms. The topological polar surface area (TPSA) is 91.0 Å². The van der Waals surface area contributed by atoms with Gasteiger partial charge in [0.15, 0.2) is 0 Å². The molecule has 0 spiro atoms. The van der Waals surface area contributed by atoms with Crippen molar-refractivity contribution in [3.8, 4) is 0 Å². The largest absolute Gasteiger partial charge is 0.337 e. The Bertz CT molecular complexity index is 1060. The Labute approximate surface area is 176 Å². The number of carbonyl (C=O) groups excluding carboxylic acids is 2. The standard InChI is InChI=1S/C20H21N5O2S2/c1-11-12(2)29-20-16(11)28-10-14(19(27)25(20)3)21-18(26)17-22-15(23-24-17)9-13-7-5-4-6-8-13/h4-8,14H,9-10H2,1-3H3,(H,21,26)(H,22,23,24)/t14-/m0/s1. The summed E-state index contributed by atoms with van der Waals surface area (Å²) in [6.45, 7) is 4.13. The number of thiophene rings is 1. The molecule has 0 fully saturated rings. The Morgan fingerprint density at radius 3 is 2.79 bits per heavy atom. The monoisotopic (exact) mass is 427 g/mol. The highest BCUT2D eigenvalue weighted by Crippen LogP contribution is 2.43. The third-order valence-corrected chi connectivity index (χ3v) is 7.61. The molecular weight excluding hydrogens is 406 g/mol. The van der Waals surface area contributed by atoms with Crippen LogP contribution < -0.4 is 10.2 Å². The van der Waals surface area contributed by atoms with Crippen molar-refractivity contribution in [3.05, 3.63) is 58.0 Å². The van der Waals surface area contributed by atoms with Gasteiger partial charge < -0.3 is 15.2 Å². The second kappa shape index (κ2) is 8.00. The van der Waals surface area contributed by atoms with Gasteiger partial charge in [-0.15, -0.1) is 33.3 Å². The summed E-state index contributed by atoms with van der Waals surface area (Å²) in [5, 5.41) is 11.8. The van der Waals surface area contributed by atoms with E-state index in [2.05, 4.69) is 34.3 Å². The zero-order valence-corrected chi connectivity index (χ0v) is 18.0. The minimum Gasteiger partial charge on any atom is -0.337 e. The summed E-state index contributed by atoms with van der Waals surface area (Å²) in [5.41, 5.74) is 2.27. The van der Waals surface area contributed by atoms with Gasteiger partial charge in [0.25, 0.3) is 11.8 Å². The highest BCUT2D eigenvalue weighted by molar-refractivity contribution is 7.99. The molecule has 0 unspecified atom stereocenters. The highest BCUT2D eigenvalue weighted by atomic mass is 32.2. The molecular formula is C20H21N5O2S2. The number of hydrogen-bond donors (Lipinski definition) is 2. The molecule has 4 rings (SSSR count). The molecule has 2 N–H and O–H groups in total. The lowest BCUT2D eigenvalue weighted by atomic mass is 10.1. The van der Waals surface area contributed by atoms with Crippen molar-refractivity contribution >= 4 is 39.9 Å². The number of amides is 2. The van der Waals surface area contributed by atoms with Crippen LogP contribution in [0.1, 0.15) is 32.4 Å². The van der Waals surface area contributed by atoms with Gasteiger partial charge in [0.2, 0.25) is 5.82 Å². The summed E-state index contributed by atoms with van der Waals surface area (Å²) in [6.07, 6.45) is 0.556. The van der Waals surface area contributed by atoms with Crippen molar-refractivity contribution in [3.63, 3.8) is 0 Å². The molecule has 0 bridgehead atoms. The number of nitrogens with one attached hydrogen (secondary N) is 2. The number of carbonyl (C=O) groups is 2. The Morgan fingerprint density at radius 2 is 2.03 bits per heavy atom. The Hall–Kier alpha value is -2.65. The smallest absolute Gasteiger partial charge is 0.289 e. The van der Waals surface area contributed by atoms with Gasteiger partial charge in [0.1, 0.15) is 16.9 Å². The number of fused-ring (bicyclic) bond motifs is 1. The fraction of sp³-hybridized carbons (Fsp3) is 0.300. The van der Waals surface area contributed by atoms with Crippen LogP contribution in [0, 0.1) is 13.8 Å². The van der Waals surface area contributed by atoms with Gasteiger partial charge in [0, 0.05) is 29.0 Å². The molecule has 150 valence electrons. The summed E-state index contributed by atoms with van der Waals surface area (Å²) in [4.78, 5) is 32.5. The highest BCUT2D eigenvalue weighted by Gasteiger charge is 2.33. The van der Waals surface area contributed by atoms with E-state index in [-0.39, 0.29) is 11.7 Å². The number of rotatable bonds is 4. The van der Waals surface area contributed by atoms with Crippen LogP contribution in [-0.4, -0.2) is 45.8 Å². The zero-order chi connectivity index (χ0) is 20.5. The van der Waals surface area contributed by atoms with Gasteiger partial charge >= 0.3 is 0 Å². The van der Waals surface area contributed by atoms with Crippen LogP contribution in [0.4, 0.5) is 5.00 Å². The minimum atomic E-state index is -0.625. The van der Waals surface area contributed by atoms with Crippen molar-refractivity contribution in [2.24, 2.45) is 0 Å². The first kappa shape index (κ1) is 19.7. The molecule has 0 saturated carbocycles. The van der Waals surface area contributed by atoms with E-state index in [4.69, 9.17) is 0 Å². The van der Waals surface area contributed by atoms with Gasteiger partial charge in [-0.3, -0.25) is 9.59 Å². The zero-order valence-electron chi connectivity index (χ0n) is 16.4. The van der Waals surface area contributed by atoms with E-state index in [1.165, 1.54) is 10.4 Å². The summed E-state index contributed by atoms with van der Waals surface area (Å²) in [5.74, 6) is 0.636. The van der Waals surface area contributed by atoms with Crippen LogP contribution in [0.25, 0.3) is 0 Å². The van der Waals surface area contributed by atoms with E-state index in [0.29, 0.717) is 18.0 Å². The third-order valence-electron chi connectivity index (χ3n) is 4.91. The molecule has 1 atom stereocenters. The fourth-order valence-electron chi connectivity index (χ4n) is 3.15. The second-order valence-electron chi connectivity index (χ2n) is 6.93. The van der Waals surface area contributed by atoms with Gasteiger partial charge in [-0.2, -0.15) is 0 Å². The number of hydrogen-bond acceptors (Lipinski definition) is 6. The molecule has 1 aromatic carbocycles. The van der Waals surface area contributed by atoms with E-state index in [1.54, 1.807) is 35.0 Å². The van der Waals surface area contributed by atoms with E-state index >= 15 is 0 Å². The lowest BCUT2D eigenvalue weighted by Gasteiger charge is -2.20. The number of anilines is 1. The summed E-state index contributed by atoms with van der Waals surface area (Å²) >= 11 is 3.21. The van der Waals surface area contributed by atoms with Gasteiger partial charge in [-0.05, 0) is 25.0 Å². The third kappa shape index (κ3) is 3.92. The van der Waals surface area contributed by atoms with E-state index in [9.17, 15) is 9.59 Å². The lowest BCUT2D eigenvalue weighted by Crippen LogP contribution is -2.48. The number of aromatic amines is 1. The average Bonchev–Trinajstić information content (AvgIpc) is 3.27. The summed E-state index contributed by atoms with van der Waals surface area (Å²) in [7, 11) is 1.76. The van der Waals surface area contributed by atoms with Crippen molar-refractivity contribution in [2.75, 3.05) is 17.7 Å². The van der Waals surface area contributed by atoms with Crippen LogP contribution in [0.2, 0.25) is 0 Å². The number of thioether (sulfide) groups is 1. The quantitative estimate of drug-likeness (QED) is 0.668. The molecule has 1 aliphatic rings. The van der Waals surface area contributed by atoms with Crippen LogP contribution in [0.15, 0.2) is 35.2 Å². The number of benzene rings is 1. The maximum atomic E-state index is 12.9. The summed E-state index contributed by atoms with van der Waals surface area (Å²) in [6, 6.07) is 9.20. The van der Waals surface area contributed by atoms with Gasteiger partial charge in [-0.1, -0.05) is 30.3 Å². The summed E-state index contributed by atoms with van der Waals surface area (Å²) < 4.78 is 0. The molecule has 2 amide bonds. The van der Waals surface area contributed by atoms with Gasteiger partial charge in [0.05, 0.1) is 0 Å². The predicted molar refractivity (Wildman–Crippen MR) is 115 cm³/mol. The van der Waals surface area contributed by atoms with Crippen molar-refractivity contribution < 1.29 is 9.59 Å². The SMILES string of the molecule is Cc1sc2c(c1C)SC[C@H](NC(=O)c1nnc(Cc3ccccc3)[nH]1)C(=O)N2C. The minimum absolute atomic E-state index is 0.113. The van der Waals surface area contributed by atoms with Crippen LogP contribution in [0.5, 0.6) is 0 Å². The Balaban J connectivity index is 1.45. The van der Waals surface area contributed by atoms with Crippen molar-refractivity contribution in [1.82, 2.24) is 20.5 Å². The van der Waals surface area contributed by atoms with Crippen LogP contribution >= 0.6 is 23.1 Å². The molecule has 0 aliphatic carbocycles. The molecule has 7 nitrogen and oxygen atoms in total. The Morgan fingerprint density at radius 1 is 1.28 bits per heavy atom. The molecule has 0 saturated heterocycles. The predicted octanol–water partition coefficient (Wildman–Crippen LogP) is 2.94. The van der Waals surface area contributed by atoms with Crippen molar-refractivity contribution in [2.45, 2.75) is 31.2 Å². The Kier molecular flexibility index (Phi) is 5.42. The maximum absolute atomic E-state index is 12.9. The number of H-pyrrole nitrogens is 1.